The number of hydrogen-bond acceptors (Lipinski definition) is 5. The summed E-state index contributed by atoms with van der Waals surface area (Å²) in [7, 11) is 0. The van der Waals surface area contributed by atoms with Crippen molar-refractivity contribution in [3.05, 3.63) is 83.9 Å². The maximum atomic E-state index is 13.0. The van der Waals surface area contributed by atoms with Crippen molar-refractivity contribution in [3.8, 4) is 27.7 Å². The van der Waals surface area contributed by atoms with Gasteiger partial charge < -0.3 is 14.6 Å². The third-order valence-electron chi connectivity index (χ3n) is 4.97. The highest BCUT2D eigenvalue weighted by atomic mass is 32.1. The van der Waals surface area contributed by atoms with Crippen molar-refractivity contribution in [2.24, 2.45) is 0 Å². The second kappa shape index (κ2) is 9.88. The van der Waals surface area contributed by atoms with Crippen LogP contribution in [0.1, 0.15) is 38.3 Å². The van der Waals surface area contributed by atoms with Gasteiger partial charge in [-0.05, 0) is 68.3 Å². The van der Waals surface area contributed by atoms with E-state index in [-0.39, 0.29) is 11.3 Å². The first kappa shape index (κ1) is 24.4. The van der Waals surface area contributed by atoms with Crippen molar-refractivity contribution in [2.45, 2.75) is 32.8 Å². The molecule has 0 spiro atoms. The van der Waals surface area contributed by atoms with Gasteiger partial charge in [-0.3, -0.25) is 0 Å². The minimum Gasteiger partial charge on any atom is -0.508 e. The summed E-state index contributed by atoms with van der Waals surface area (Å²) in [5.74, 6) is 0.851. The number of aromatic hydroxyl groups is 1. The van der Waals surface area contributed by atoms with E-state index < -0.39 is 18.0 Å². The lowest BCUT2D eigenvalue weighted by atomic mass is 10.1. The lowest BCUT2D eigenvalue weighted by Crippen LogP contribution is -2.22. The number of thiophene rings is 1. The summed E-state index contributed by atoms with van der Waals surface area (Å²) in [6.45, 7) is 5.42. The first-order valence-electron chi connectivity index (χ1n) is 10.9. The van der Waals surface area contributed by atoms with Gasteiger partial charge >= 0.3 is 5.97 Å². The minimum atomic E-state index is -2.54. The minimum absolute atomic E-state index is 0.0509. The molecule has 4 nitrogen and oxygen atoms in total. The van der Waals surface area contributed by atoms with Gasteiger partial charge in [0.15, 0.2) is 5.75 Å². The van der Waals surface area contributed by atoms with Crippen LogP contribution in [-0.2, 0) is 9.53 Å². The average molecular weight is 495 g/mol. The third kappa shape index (κ3) is 6.05. The zero-order valence-electron chi connectivity index (χ0n) is 19.4. The molecule has 1 N–H and O–H groups in total. The van der Waals surface area contributed by atoms with Crippen LogP contribution >= 0.6 is 11.3 Å². The van der Waals surface area contributed by atoms with E-state index in [0.29, 0.717) is 11.5 Å². The fraction of sp³-hybridized carbons (Fsp3) is 0.179. The normalized spacial score (nSPS) is 11.9. The van der Waals surface area contributed by atoms with Gasteiger partial charge in [-0.2, -0.15) is 0 Å². The first-order chi connectivity index (χ1) is 16.6. The Morgan fingerprint density at radius 2 is 1.69 bits per heavy atom. The maximum absolute atomic E-state index is 13.0. The summed E-state index contributed by atoms with van der Waals surface area (Å²) in [4.78, 5) is 12.7. The molecule has 0 saturated carbocycles. The Hall–Kier alpha value is -3.71. The van der Waals surface area contributed by atoms with Crippen molar-refractivity contribution in [3.63, 3.8) is 0 Å². The topological polar surface area (TPSA) is 55.8 Å². The van der Waals surface area contributed by atoms with Crippen LogP contribution in [0, 0.1) is 0 Å². The molecule has 0 amide bonds. The summed E-state index contributed by atoms with van der Waals surface area (Å²) >= 11 is 1.41. The molecule has 4 rings (SSSR count). The summed E-state index contributed by atoms with van der Waals surface area (Å²) in [5.41, 5.74) is 0.926. The fourth-order valence-corrected chi connectivity index (χ4v) is 4.57. The standard InChI is InChI=1S/C28H24F2O4S/c1-28(2,3)34-24(32)15-6-17-4-12-21(13-5-17)33-25-22-14-11-20(31)16-23(22)35-26(25)18-7-9-19(10-8-18)27(29)30/h4-16,27,31H,1-3H3. The van der Waals surface area contributed by atoms with Gasteiger partial charge in [0, 0.05) is 21.7 Å². The first-order valence-corrected chi connectivity index (χ1v) is 11.7. The van der Waals surface area contributed by atoms with Crippen LogP contribution in [0.5, 0.6) is 17.2 Å². The van der Waals surface area contributed by atoms with E-state index in [1.54, 1.807) is 48.5 Å². The molecule has 4 aromatic rings. The second-order valence-corrected chi connectivity index (χ2v) is 9.95. The molecule has 1 aromatic heterocycles. The van der Waals surface area contributed by atoms with Gasteiger partial charge in [0.2, 0.25) is 0 Å². The number of ether oxygens (including phenoxy) is 2. The van der Waals surface area contributed by atoms with Crippen molar-refractivity contribution in [2.75, 3.05) is 0 Å². The van der Waals surface area contributed by atoms with Crippen molar-refractivity contribution >= 4 is 33.5 Å². The van der Waals surface area contributed by atoms with Gasteiger partial charge in [-0.15, -0.1) is 11.3 Å². The zero-order chi connectivity index (χ0) is 25.2. The van der Waals surface area contributed by atoms with Crippen molar-refractivity contribution in [1.29, 1.82) is 0 Å². The van der Waals surface area contributed by atoms with Crippen LogP contribution in [0.15, 0.2) is 72.8 Å². The lowest BCUT2D eigenvalue weighted by Gasteiger charge is -2.17. The quantitative estimate of drug-likeness (QED) is 0.216. The molecule has 0 aliphatic carbocycles. The Kier molecular flexibility index (Phi) is 6.89. The molecular formula is C28H24F2O4S. The molecule has 0 saturated heterocycles. The number of phenolic OH excluding ortho intramolecular Hbond substituents is 1. The van der Waals surface area contributed by atoms with E-state index in [1.807, 2.05) is 32.9 Å². The third-order valence-corrected chi connectivity index (χ3v) is 6.15. The summed E-state index contributed by atoms with van der Waals surface area (Å²) in [5, 5.41) is 10.7. The Labute approximate surface area is 206 Å². The van der Waals surface area contributed by atoms with Gasteiger partial charge in [-0.25, -0.2) is 13.6 Å². The number of rotatable bonds is 6. The number of fused-ring (bicyclic) bond motifs is 1. The maximum Gasteiger partial charge on any atom is 0.331 e. The predicted molar refractivity (Wildman–Crippen MR) is 135 cm³/mol. The molecule has 0 aliphatic heterocycles. The van der Waals surface area contributed by atoms with Crippen molar-refractivity contribution < 1.29 is 28.2 Å². The van der Waals surface area contributed by atoms with Crippen LogP contribution in [0.25, 0.3) is 26.6 Å². The molecule has 7 heteroatoms. The van der Waals surface area contributed by atoms with Crippen LogP contribution < -0.4 is 4.74 Å². The molecule has 180 valence electrons. The lowest BCUT2D eigenvalue weighted by molar-refractivity contribution is -0.148. The largest absolute Gasteiger partial charge is 0.508 e. The Balaban J connectivity index is 1.62. The molecule has 35 heavy (non-hydrogen) atoms. The summed E-state index contributed by atoms with van der Waals surface area (Å²) in [6, 6.07) is 18.3. The van der Waals surface area contributed by atoms with E-state index in [2.05, 4.69) is 0 Å². The highest BCUT2D eigenvalue weighted by Gasteiger charge is 2.18. The van der Waals surface area contributed by atoms with Gasteiger partial charge in [0.05, 0.1) is 4.88 Å². The molecule has 0 bridgehead atoms. The van der Waals surface area contributed by atoms with E-state index in [9.17, 15) is 18.7 Å². The van der Waals surface area contributed by atoms with Gasteiger partial charge in [0.1, 0.15) is 17.1 Å². The molecule has 3 aromatic carbocycles. The molecule has 1 heterocycles. The van der Waals surface area contributed by atoms with E-state index in [1.165, 1.54) is 29.5 Å². The number of esters is 1. The monoisotopic (exact) mass is 494 g/mol. The van der Waals surface area contributed by atoms with Crippen LogP contribution in [-0.4, -0.2) is 16.7 Å². The number of carbonyl (C=O) groups excluding carboxylic acids is 1. The second-order valence-electron chi connectivity index (χ2n) is 8.90. The predicted octanol–water partition coefficient (Wildman–Crippen LogP) is 8.36. The smallest absolute Gasteiger partial charge is 0.331 e. The molecule has 0 radical (unpaired) electrons. The number of benzene rings is 3. The van der Waals surface area contributed by atoms with E-state index in [0.717, 1.165) is 26.1 Å². The van der Waals surface area contributed by atoms with Crippen LogP contribution in [0.4, 0.5) is 8.78 Å². The Bertz CT molecular complexity index is 1370. The molecular weight excluding hydrogens is 470 g/mol. The summed E-state index contributed by atoms with van der Waals surface area (Å²) < 4.78 is 38.3. The Morgan fingerprint density at radius 3 is 2.31 bits per heavy atom. The Morgan fingerprint density at radius 1 is 1.00 bits per heavy atom. The van der Waals surface area contributed by atoms with E-state index >= 15 is 0 Å². The number of alkyl halides is 2. The average Bonchev–Trinajstić information content (AvgIpc) is 3.14. The number of carbonyl (C=O) groups is 1. The van der Waals surface area contributed by atoms with Gasteiger partial charge in [0.25, 0.3) is 6.43 Å². The zero-order valence-corrected chi connectivity index (χ0v) is 20.2. The summed E-state index contributed by atoms with van der Waals surface area (Å²) in [6.07, 6.45) is 0.500. The van der Waals surface area contributed by atoms with Crippen molar-refractivity contribution in [1.82, 2.24) is 0 Å². The molecule has 0 unspecified atom stereocenters. The highest BCUT2D eigenvalue weighted by Crippen LogP contribution is 2.47. The molecule has 0 atom stereocenters. The van der Waals surface area contributed by atoms with Crippen LogP contribution in [0.3, 0.4) is 0 Å². The molecule has 0 fully saturated rings. The van der Waals surface area contributed by atoms with E-state index in [4.69, 9.17) is 9.47 Å². The van der Waals surface area contributed by atoms with Gasteiger partial charge in [-0.1, -0.05) is 36.4 Å². The fourth-order valence-electron chi connectivity index (χ4n) is 3.40. The number of hydrogen-bond donors (Lipinski definition) is 1. The number of phenols is 1. The SMILES string of the molecule is CC(C)(C)OC(=O)C=Cc1ccc(Oc2c(-c3ccc(C(F)F)cc3)sc3cc(O)ccc23)cc1. The highest BCUT2D eigenvalue weighted by molar-refractivity contribution is 7.22. The van der Waals surface area contributed by atoms with Crippen LogP contribution in [0.2, 0.25) is 0 Å². The molecule has 0 aliphatic rings. The number of halogens is 2.